The molecule has 0 spiro atoms. The molecule has 1 aliphatic carbocycles. The van der Waals surface area contributed by atoms with Gasteiger partial charge in [-0.05, 0) is 69.4 Å². The van der Waals surface area contributed by atoms with Crippen LogP contribution in [-0.4, -0.2) is 52.1 Å². The lowest BCUT2D eigenvalue weighted by Gasteiger charge is -2.34. The van der Waals surface area contributed by atoms with Gasteiger partial charge in [0.05, 0.1) is 36.9 Å². The van der Waals surface area contributed by atoms with Gasteiger partial charge in [-0.3, -0.25) is 9.69 Å². The molecule has 0 saturated heterocycles. The molecule has 1 amide bonds. The molecule has 0 radical (unpaired) electrons. The molecule has 202 valence electrons. The van der Waals surface area contributed by atoms with Gasteiger partial charge in [-0.25, -0.2) is 14.2 Å². The molecule has 2 heterocycles. The van der Waals surface area contributed by atoms with Crippen LogP contribution in [0.4, 0.5) is 14.9 Å². The number of carbonyl (C=O) groups is 2. The Bertz CT molecular complexity index is 1390. The third-order valence-corrected chi connectivity index (χ3v) is 7.94. The lowest BCUT2D eigenvalue weighted by molar-refractivity contribution is -0.143. The maximum atomic E-state index is 14.3. The molecule has 3 unspecified atom stereocenters. The predicted octanol–water partition coefficient (Wildman–Crippen LogP) is 4.99. The first-order valence-corrected chi connectivity index (χ1v) is 12.9. The number of halogens is 1. The molecule has 10 heteroatoms. The highest BCUT2D eigenvalue weighted by molar-refractivity contribution is 5.95. The number of nitrogens with zero attached hydrogens (tertiary/aromatic N) is 3. The number of carboxylic acids is 1. The van der Waals surface area contributed by atoms with Crippen molar-refractivity contribution in [2.75, 3.05) is 19.1 Å². The number of rotatable bonds is 5. The number of aryl methyl sites for hydroxylation is 1. The summed E-state index contributed by atoms with van der Waals surface area (Å²) in [5, 5.41) is 21.3. The molecule has 2 N–H and O–H groups in total. The Balaban J connectivity index is 1.72. The summed E-state index contributed by atoms with van der Waals surface area (Å²) < 4.78 is 26.6. The molecule has 9 nitrogen and oxygen atoms in total. The van der Waals surface area contributed by atoms with Gasteiger partial charge < -0.3 is 24.3 Å². The zero-order chi connectivity index (χ0) is 27.1. The zero-order valence-corrected chi connectivity index (χ0v) is 21.7. The second kappa shape index (κ2) is 10.2. The van der Waals surface area contributed by atoms with Crippen LogP contribution in [-0.2, 0) is 16.0 Å². The van der Waals surface area contributed by atoms with E-state index < -0.39 is 29.9 Å². The second-order valence-electron chi connectivity index (χ2n) is 10.1. The number of aliphatic hydroxyl groups excluding tert-OH is 1. The van der Waals surface area contributed by atoms with Crippen molar-refractivity contribution >= 4 is 28.8 Å². The van der Waals surface area contributed by atoms with E-state index in [2.05, 4.69) is 0 Å². The van der Waals surface area contributed by atoms with Crippen molar-refractivity contribution in [2.45, 2.75) is 63.6 Å². The van der Waals surface area contributed by atoms with E-state index in [4.69, 9.17) is 14.5 Å². The number of carboxylic acid groups (broad SMARTS) is 1. The normalized spacial score (nSPS) is 22.1. The van der Waals surface area contributed by atoms with Gasteiger partial charge >= 0.3 is 12.1 Å². The molecule has 2 aliphatic rings. The Kier molecular flexibility index (Phi) is 7.00. The fourth-order valence-electron chi connectivity index (χ4n) is 6.05. The number of amides is 1. The molecule has 2 aromatic carbocycles. The van der Waals surface area contributed by atoms with E-state index in [0.29, 0.717) is 42.6 Å². The Morgan fingerprint density at radius 2 is 1.95 bits per heavy atom. The first kappa shape index (κ1) is 26.0. The number of aliphatic carboxylic acids is 1. The summed E-state index contributed by atoms with van der Waals surface area (Å²) in [4.78, 5) is 31.0. The molecular weight excluding hydrogens is 493 g/mol. The van der Waals surface area contributed by atoms with E-state index in [1.807, 2.05) is 23.6 Å². The van der Waals surface area contributed by atoms with Crippen molar-refractivity contribution in [1.82, 2.24) is 9.55 Å². The predicted molar refractivity (Wildman–Crippen MR) is 138 cm³/mol. The second-order valence-corrected chi connectivity index (χ2v) is 10.1. The summed E-state index contributed by atoms with van der Waals surface area (Å²) in [5.74, 6) is -1.26. The average Bonchev–Trinajstić information content (AvgIpc) is 3.32. The number of aliphatic hydroxyl groups is 1. The van der Waals surface area contributed by atoms with Crippen LogP contribution >= 0.6 is 0 Å². The highest BCUT2D eigenvalue weighted by Crippen LogP contribution is 2.43. The number of aromatic nitrogens is 2. The molecule has 1 fully saturated rings. The first-order valence-electron chi connectivity index (χ1n) is 12.9. The number of hydrogen-bond acceptors (Lipinski definition) is 6. The Morgan fingerprint density at radius 1 is 1.16 bits per heavy atom. The van der Waals surface area contributed by atoms with Gasteiger partial charge in [0, 0.05) is 23.2 Å². The van der Waals surface area contributed by atoms with E-state index in [1.54, 1.807) is 4.90 Å². The monoisotopic (exact) mass is 525 g/mol. The largest absolute Gasteiger partial charge is 0.496 e. The molecule has 38 heavy (non-hydrogen) atoms. The first-order chi connectivity index (χ1) is 18.2. The minimum absolute atomic E-state index is 0.0641. The van der Waals surface area contributed by atoms with Crippen molar-refractivity contribution in [3.05, 3.63) is 53.1 Å². The van der Waals surface area contributed by atoms with Gasteiger partial charge in [-0.1, -0.05) is 6.42 Å². The van der Waals surface area contributed by atoms with Gasteiger partial charge in [-0.2, -0.15) is 0 Å². The van der Waals surface area contributed by atoms with Crippen LogP contribution in [0.2, 0.25) is 0 Å². The van der Waals surface area contributed by atoms with Crippen LogP contribution in [0.5, 0.6) is 5.75 Å². The summed E-state index contributed by atoms with van der Waals surface area (Å²) in [6.45, 7) is 1.96. The number of methoxy groups -OCH3 is 2. The Hall–Kier alpha value is -3.66. The van der Waals surface area contributed by atoms with Crippen LogP contribution in [0.15, 0.2) is 30.3 Å². The van der Waals surface area contributed by atoms with Crippen molar-refractivity contribution in [1.29, 1.82) is 0 Å². The smallest absolute Gasteiger partial charge is 0.414 e. The van der Waals surface area contributed by atoms with E-state index in [9.17, 15) is 24.2 Å². The van der Waals surface area contributed by atoms with Crippen molar-refractivity contribution < 1.29 is 33.7 Å². The van der Waals surface area contributed by atoms with Gasteiger partial charge in [0.25, 0.3) is 0 Å². The van der Waals surface area contributed by atoms with Crippen LogP contribution in [0, 0.1) is 11.7 Å². The molecule has 1 saturated carbocycles. The Labute approximate surface area is 219 Å². The fraction of sp³-hybridized carbons (Fsp3) is 0.464. The van der Waals surface area contributed by atoms with Gasteiger partial charge in [0.2, 0.25) is 0 Å². The van der Waals surface area contributed by atoms with Crippen molar-refractivity contribution in [2.24, 2.45) is 5.92 Å². The van der Waals surface area contributed by atoms with Crippen LogP contribution < -0.4 is 9.64 Å². The molecular formula is C28H32FN3O6. The molecule has 4 atom stereocenters. The number of hydrogen-bond donors (Lipinski definition) is 2. The number of anilines is 1. The summed E-state index contributed by atoms with van der Waals surface area (Å²) >= 11 is 0. The van der Waals surface area contributed by atoms with E-state index in [1.165, 1.54) is 32.4 Å². The third kappa shape index (κ3) is 4.36. The van der Waals surface area contributed by atoms with Gasteiger partial charge in [-0.15, -0.1) is 0 Å². The average molecular weight is 526 g/mol. The minimum Gasteiger partial charge on any atom is -0.496 e. The lowest BCUT2D eigenvalue weighted by Crippen LogP contribution is -2.42. The zero-order valence-electron chi connectivity index (χ0n) is 21.7. The summed E-state index contributed by atoms with van der Waals surface area (Å²) in [7, 11) is 2.79. The topological polar surface area (TPSA) is 114 Å². The number of carbonyl (C=O) groups excluding carboxylic acids is 1. The summed E-state index contributed by atoms with van der Waals surface area (Å²) in [5.41, 5.74) is 3.15. The van der Waals surface area contributed by atoms with Crippen molar-refractivity contribution in [3.63, 3.8) is 0 Å². The molecule has 1 aliphatic heterocycles. The maximum Gasteiger partial charge on any atom is 0.414 e. The number of imidazole rings is 1. The standard InChI is InChI=1S/C28H32FN3O6/c1-15-7-9-19-21(31(15)28(36)38-3)10-11-22-24(19)30-26(25(33)20-14-17(29)8-12-23(20)37-2)32(22)18-6-4-5-16(13-18)27(34)35/h8,10-12,14-16,18,25,33H,4-7,9,13H2,1-3H3,(H,34,35)/t15-,16?,18?,25?/m0/s1. The molecule has 3 aromatic rings. The van der Waals surface area contributed by atoms with Crippen LogP contribution in [0.1, 0.15) is 68.1 Å². The van der Waals surface area contributed by atoms with E-state index in [-0.39, 0.29) is 23.5 Å². The van der Waals surface area contributed by atoms with Crippen LogP contribution in [0.3, 0.4) is 0 Å². The number of fused-ring (bicyclic) bond motifs is 3. The fourth-order valence-corrected chi connectivity index (χ4v) is 6.05. The number of ether oxygens (including phenoxy) is 2. The minimum atomic E-state index is -1.33. The molecule has 0 bridgehead atoms. The third-order valence-electron chi connectivity index (χ3n) is 7.94. The highest BCUT2D eigenvalue weighted by atomic mass is 19.1. The SMILES string of the molecule is COC(=O)N1c2ccc3c(nc(C(O)c4cc(F)ccc4OC)n3C3CCCC(C(=O)O)C3)c2CC[C@@H]1C. The highest BCUT2D eigenvalue weighted by Gasteiger charge is 2.36. The molecule has 5 rings (SSSR count). The van der Waals surface area contributed by atoms with Gasteiger partial charge in [0.15, 0.2) is 0 Å². The van der Waals surface area contributed by atoms with Gasteiger partial charge in [0.1, 0.15) is 23.5 Å². The molecule has 1 aromatic heterocycles. The summed E-state index contributed by atoms with van der Waals surface area (Å²) in [6, 6.07) is 7.37. The maximum absolute atomic E-state index is 14.3. The van der Waals surface area contributed by atoms with Crippen LogP contribution in [0.25, 0.3) is 11.0 Å². The van der Waals surface area contributed by atoms with E-state index >= 15 is 0 Å². The van der Waals surface area contributed by atoms with E-state index in [0.717, 1.165) is 23.9 Å². The number of benzene rings is 2. The quantitative estimate of drug-likeness (QED) is 0.482. The summed E-state index contributed by atoms with van der Waals surface area (Å²) in [6.07, 6.45) is 2.01. The lowest BCUT2D eigenvalue weighted by atomic mass is 9.85. The van der Waals surface area contributed by atoms with Crippen molar-refractivity contribution in [3.8, 4) is 5.75 Å². The Morgan fingerprint density at radius 3 is 2.66 bits per heavy atom.